The summed E-state index contributed by atoms with van der Waals surface area (Å²) in [5.74, 6) is 2.26. The highest BCUT2D eigenvalue weighted by atomic mass is 32.2. The van der Waals surface area contributed by atoms with Gasteiger partial charge in [0.15, 0.2) is 0 Å². The molecule has 1 amide bonds. The number of unbranched alkanes of at least 4 members (excludes halogenated alkanes) is 1. The molecule has 1 saturated carbocycles. The van der Waals surface area contributed by atoms with E-state index in [4.69, 9.17) is 10.5 Å². The number of carbonyl (C=O) groups excluding carboxylic acids is 1. The fourth-order valence-corrected chi connectivity index (χ4v) is 6.25. The van der Waals surface area contributed by atoms with Crippen LogP contribution >= 0.6 is 11.8 Å². The highest BCUT2D eigenvalue weighted by molar-refractivity contribution is 7.99. The van der Waals surface area contributed by atoms with Gasteiger partial charge in [-0.2, -0.15) is 11.8 Å². The molecule has 188 valence electrons. The van der Waals surface area contributed by atoms with Gasteiger partial charge in [0.2, 0.25) is 5.91 Å². The van der Waals surface area contributed by atoms with Crippen LogP contribution in [0.1, 0.15) is 37.7 Å². The van der Waals surface area contributed by atoms with Crippen molar-refractivity contribution in [2.75, 3.05) is 24.6 Å². The number of primary amides is 1. The molecular formula is C29H38N2O3S. The molecule has 2 aromatic carbocycles. The highest BCUT2D eigenvalue weighted by Gasteiger charge is 2.45. The Morgan fingerprint density at radius 2 is 1.77 bits per heavy atom. The molecule has 0 spiro atoms. The topological polar surface area (TPSA) is 75.8 Å². The number of aliphatic hydroxyl groups excluding tert-OH is 1. The Hall–Kier alpha value is -2.12. The third-order valence-corrected chi connectivity index (χ3v) is 8.09. The molecule has 2 aromatic rings. The van der Waals surface area contributed by atoms with Crippen molar-refractivity contribution in [1.82, 2.24) is 4.90 Å². The van der Waals surface area contributed by atoms with Gasteiger partial charge in [-0.3, -0.25) is 9.69 Å². The largest absolute Gasteiger partial charge is 0.391 e. The maximum absolute atomic E-state index is 11.0. The lowest BCUT2D eigenvalue weighted by atomic mass is 9.94. The van der Waals surface area contributed by atoms with Gasteiger partial charge >= 0.3 is 0 Å². The van der Waals surface area contributed by atoms with Gasteiger partial charge in [0, 0.05) is 49.4 Å². The van der Waals surface area contributed by atoms with Crippen LogP contribution in [0.15, 0.2) is 66.7 Å². The summed E-state index contributed by atoms with van der Waals surface area (Å²) >= 11 is 1.99. The summed E-state index contributed by atoms with van der Waals surface area (Å²) in [5.41, 5.74) is 8.81. The minimum Gasteiger partial charge on any atom is -0.391 e. The van der Waals surface area contributed by atoms with E-state index >= 15 is 0 Å². The van der Waals surface area contributed by atoms with Crippen molar-refractivity contribution in [3.05, 3.63) is 72.3 Å². The smallest absolute Gasteiger partial charge is 0.217 e. The average Bonchev–Trinajstić information content (AvgIpc) is 3.20. The maximum atomic E-state index is 11.0. The van der Waals surface area contributed by atoms with E-state index in [2.05, 4.69) is 65.6 Å². The van der Waals surface area contributed by atoms with Crippen LogP contribution in [-0.2, 0) is 16.1 Å². The van der Waals surface area contributed by atoms with E-state index < -0.39 is 0 Å². The molecule has 35 heavy (non-hydrogen) atoms. The minimum atomic E-state index is -0.364. The van der Waals surface area contributed by atoms with Crippen LogP contribution in [0.4, 0.5) is 0 Å². The molecule has 0 radical (unpaired) electrons. The van der Waals surface area contributed by atoms with Crippen LogP contribution in [0.25, 0.3) is 11.1 Å². The first-order valence-corrected chi connectivity index (χ1v) is 14.0. The van der Waals surface area contributed by atoms with E-state index in [9.17, 15) is 9.90 Å². The zero-order chi connectivity index (χ0) is 24.5. The SMILES string of the molecule is NC(=O)CCCC=CC[C@@H]1[C@@H](N2CCSCC2)[C@H](O)C[C@@H]1OCc1ccc(-c2ccccc2)cc1. The second-order valence-electron chi connectivity index (χ2n) is 9.58. The number of amides is 1. The Bertz CT molecular complexity index is 944. The summed E-state index contributed by atoms with van der Waals surface area (Å²) in [6.45, 7) is 2.60. The molecule has 1 saturated heterocycles. The van der Waals surface area contributed by atoms with Gasteiger partial charge in [0.05, 0.1) is 18.8 Å². The number of ether oxygens (including phenoxy) is 1. The number of benzene rings is 2. The highest BCUT2D eigenvalue weighted by Crippen LogP contribution is 2.37. The standard InChI is InChI=1S/C29H38N2O3S/c30-28(33)11-7-2-1-6-10-25-27(20-26(32)29(25)31-16-18-35-19-17-31)34-21-22-12-14-24(15-13-22)23-8-4-3-5-9-23/h1,3-6,8-9,12-15,25-27,29,32H,2,7,10-11,16-21H2,(H2,30,33)/t25-,26+,27-,29+/m0/s1. The molecule has 1 heterocycles. The average molecular weight is 495 g/mol. The van der Waals surface area contributed by atoms with Crippen molar-refractivity contribution in [1.29, 1.82) is 0 Å². The predicted molar refractivity (Wildman–Crippen MR) is 144 cm³/mol. The molecule has 6 heteroatoms. The second kappa shape index (κ2) is 13.3. The fraction of sp³-hybridized carbons (Fsp3) is 0.483. The lowest BCUT2D eigenvalue weighted by Crippen LogP contribution is -2.48. The first-order chi connectivity index (χ1) is 17.1. The van der Waals surface area contributed by atoms with Crippen LogP contribution in [0.2, 0.25) is 0 Å². The maximum Gasteiger partial charge on any atom is 0.217 e. The molecule has 5 nitrogen and oxygen atoms in total. The van der Waals surface area contributed by atoms with Crippen LogP contribution in [0, 0.1) is 5.92 Å². The summed E-state index contributed by atoms with van der Waals surface area (Å²) < 4.78 is 6.46. The van der Waals surface area contributed by atoms with E-state index in [0.717, 1.165) is 49.4 Å². The molecule has 2 fully saturated rings. The minimum absolute atomic E-state index is 0.0219. The molecule has 4 rings (SSSR count). The van der Waals surface area contributed by atoms with Crippen molar-refractivity contribution in [3.63, 3.8) is 0 Å². The summed E-state index contributed by atoms with van der Waals surface area (Å²) in [4.78, 5) is 13.4. The summed E-state index contributed by atoms with van der Waals surface area (Å²) in [6, 6.07) is 19.1. The van der Waals surface area contributed by atoms with Gasteiger partial charge in [0.1, 0.15) is 0 Å². The van der Waals surface area contributed by atoms with E-state index in [1.54, 1.807) is 0 Å². The normalized spacial score (nSPS) is 25.3. The Balaban J connectivity index is 1.38. The number of nitrogens with zero attached hydrogens (tertiary/aromatic N) is 1. The number of carbonyl (C=O) groups is 1. The quantitative estimate of drug-likeness (QED) is 0.352. The zero-order valence-electron chi connectivity index (χ0n) is 20.4. The number of allylic oxidation sites excluding steroid dienone is 2. The van der Waals surface area contributed by atoms with Gasteiger partial charge in [-0.15, -0.1) is 0 Å². The monoisotopic (exact) mass is 494 g/mol. The molecule has 0 bridgehead atoms. The number of nitrogens with two attached hydrogens (primary N) is 1. The molecule has 0 unspecified atom stereocenters. The predicted octanol–water partition coefficient (Wildman–Crippen LogP) is 4.64. The van der Waals surface area contributed by atoms with Gasteiger partial charge in [0.25, 0.3) is 0 Å². The number of hydrogen-bond donors (Lipinski definition) is 2. The molecule has 4 atom stereocenters. The molecule has 3 N–H and O–H groups in total. The van der Waals surface area contributed by atoms with Crippen LogP contribution in [0.5, 0.6) is 0 Å². The van der Waals surface area contributed by atoms with E-state index in [1.807, 2.05) is 17.8 Å². The summed E-state index contributed by atoms with van der Waals surface area (Å²) in [7, 11) is 0. The van der Waals surface area contributed by atoms with E-state index in [1.165, 1.54) is 11.1 Å². The zero-order valence-corrected chi connectivity index (χ0v) is 21.2. The number of rotatable bonds is 11. The van der Waals surface area contributed by atoms with Gasteiger partial charge in [-0.05, 0) is 36.0 Å². The van der Waals surface area contributed by atoms with Crippen molar-refractivity contribution >= 4 is 17.7 Å². The third kappa shape index (κ3) is 7.43. The Labute approximate surface area is 213 Å². The summed E-state index contributed by atoms with van der Waals surface area (Å²) in [6.07, 6.45) is 7.63. The first kappa shape index (κ1) is 26.0. The lowest BCUT2D eigenvalue weighted by molar-refractivity contribution is -0.118. The van der Waals surface area contributed by atoms with Crippen molar-refractivity contribution in [3.8, 4) is 11.1 Å². The fourth-order valence-electron chi connectivity index (χ4n) is 5.32. The first-order valence-electron chi connectivity index (χ1n) is 12.8. The summed E-state index contributed by atoms with van der Waals surface area (Å²) in [5, 5.41) is 11.0. The van der Waals surface area contributed by atoms with Crippen LogP contribution in [-0.4, -0.2) is 58.8 Å². The van der Waals surface area contributed by atoms with Crippen molar-refractivity contribution in [2.24, 2.45) is 11.7 Å². The number of aliphatic hydroxyl groups is 1. The molecule has 1 aliphatic carbocycles. The third-order valence-electron chi connectivity index (χ3n) is 7.15. The van der Waals surface area contributed by atoms with Crippen molar-refractivity contribution in [2.45, 2.75) is 57.0 Å². The van der Waals surface area contributed by atoms with Crippen LogP contribution in [0.3, 0.4) is 0 Å². The Morgan fingerprint density at radius 1 is 1.06 bits per heavy atom. The van der Waals surface area contributed by atoms with Gasteiger partial charge < -0.3 is 15.6 Å². The van der Waals surface area contributed by atoms with Gasteiger partial charge in [-0.1, -0.05) is 66.7 Å². The molecule has 0 aromatic heterocycles. The Kier molecular flexibility index (Phi) is 9.83. The molecule has 1 aliphatic heterocycles. The van der Waals surface area contributed by atoms with Gasteiger partial charge in [-0.25, -0.2) is 0 Å². The molecule has 2 aliphatic rings. The second-order valence-corrected chi connectivity index (χ2v) is 10.8. The Morgan fingerprint density at radius 3 is 2.49 bits per heavy atom. The van der Waals surface area contributed by atoms with E-state index in [-0.39, 0.29) is 30.1 Å². The van der Waals surface area contributed by atoms with Crippen LogP contribution < -0.4 is 5.73 Å². The lowest BCUT2D eigenvalue weighted by Gasteiger charge is -2.37. The van der Waals surface area contributed by atoms with Crippen molar-refractivity contribution < 1.29 is 14.6 Å². The molecular weight excluding hydrogens is 456 g/mol. The number of thioether (sulfide) groups is 1. The number of hydrogen-bond acceptors (Lipinski definition) is 5. The van der Waals surface area contributed by atoms with E-state index in [0.29, 0.717) is 19.4 Å².